The molecule has 112 valence electrons. The van der Waals surface area contributed by atoms with Crippen molar-refractivity contribution in [3.63, 3.8) is 0 Å². The standard InChI is InChI=1S/C13H21ClN4O2/c1-8-5-10(18-11(14)17-8)6-9(15)7-16-12(19)20-13(2,3)4/h5,9H,6-7,15H2,1-4H3,(H,16,19). The van der Waals surface area contributed by atoms with Crippen LogP contribution >= 0.6 is 11.6 Å². The SMILES string of the molecule is Cc1cc(CC(N)CNC(=O)OC(C)(C)C)nc(Cl)n1. The number of aryl methyl sites for hydroxylation is 1. The lowest BCUT2D eigenvalue weighted by Crippen LogP contribution is -2.41. The van der Waals surface area contributed by atoms with Crippen LogP contribution in [0.15, 0.2) is 6.07 Å². The minimum atomic E-state index is -0.522. The molecule has 0 saturated heterocycles. The molecule has 0 aromatic carbocycles. The summed E-state index contributed by atoms with van der Waals surface area (Å²) in [6.07, 6.45) is 0.0173. The van der Waals surface area contributed by atoms with Gasteiger partial charge in [-0.25, -0.2) is 14.8 Å². The van der Waals surface area contributed by atoms with Crippen LogP contribution in [0, 0.1) is 6.92 Å². The maximum atomic E-state index is 11.5. The molecule has 0 bridgehead atoms. The predicted octanol–water partition coefficient (Wildman–Crippen LogP) is 1.83. The monoisotopic (exact) mass is 300 g/mol. The highest BCUT2D eigenvalue weighted by molar-refractivity contribution is 6.28. The number of nitrogens with two attached hydrogens (primary N) is 1. The van der Waals surface area contributed by atoms with Crippen molar-refractivity contribution in [1.82, 2.24) is 15.3 Å². The molecule has 0 saturated carbocycles. The number of carbonyl (C=O) groups excluding carboxylic acids is 1. The van der Waals surface area contributed by atoms with Crippen molar-refractivity contribution in [2.24, 2.45) is 5.73 Å². The molecular weight excluding hydrogens is 280 g/mol. The number of nitrogens with one attached hydrogen (secondary N) is 1. The number of carbonyl (C=O) groups is 1. The number of ether oxygens (including phenoxy) is 1. The van der Waals surface area contributed by atoms with Gasteiger partial charge in [0.05, 0.1) is 0 Å². The van der Waals surface area contributed by atoms with Crippen molar-refractivity contribution in [2.75, 3.05) is 6.54 Å². The molecule has 0 aliphatic heterocycles. The van der Waals surface area contributed by atoms with Crippen LogP contribution < -0.4 is 11.1 Å². The molecule has 1 atom stereocenters. The summed E-state index contributed by atoms with van der Waals surface area (Å²) in [5.41, 5.74) is 6.96. The van der Waals surface area contributed by atoms with Crippen molar-refractivity contribution >= 4 is 17.7 Å². The van der Waals surface area contributed by atoms with Gasteiger partial charge < -0.3 is 15.8 Å². The normalized spacial score (nSPS) is 12.9. The number of hydrogen-bond donors (Lipinski definition) is 2. The fourth-order valence-corrected chi connectivity index (χ4v) is 1.81. The molecule has 20 heavy (non-hydrogen) atoms. The third kappa shape index (κ3) is 6.68. The molecule has 1 unspecified atom stereocenters. The number of alkyl carbamates (subject to hydrolysis) is 1. The molecular formula is C13H21ClN4O2. The van der Waals surface area contributed by atoms with Crippen LogP contribution in [0.5, 0.6) is 0 Å². The Kier molecular flexibility index (Phi) is 5.71. The second-order valence-corrected chi connectivity index (χ2v) is 5.95. The molecule has 1 rings (SSSR count). The van der Waals surface area contributed by atoms with E-state index in [1.165, 1.54) is 0 Å². The summed E-state index contributed by atoms with van der Waals surface area (Å²) < 4.78 is 5.12. The molecule has 0 spiro atoms. The van der Waals surface area contributed by atoms with Crippen molar-refractivity contribution < 1.29 is 9.53 Å². The van der Waals surface area contributed by atoms with Crippen LogP contribution in [0.3, 0.4) is 0 Å². The quantitative estimate of drug-likeness (QED) is 0.828. The van der Waals surface area contributed by atoms with Gasteiger partial charge in [-0.3, -0.25) is 0 Å². The minimum Gasteiger partial charge on any atom is -0.444 e. The Labute approximate surface area is 124 Å². The Balaban J connectivity index is 2.44. The highest BCUT2D eigenvalue weighted by Crippen LogP contribution is 2.08. The molecule has 0 radical (unpaired) electrons. The van der Waals surface area contributed by atoms with Gasteiger partial charge in [-0.1, -0.05) is 0 Å². The molecule has 0 aliphatic carbocycles. The summed E-state index contributed by atoms with van der Waals surface area (Å²) in [6.45, 7) is 7.55. The predicted molar refractivity (Wildman–Crippen MR) is 77.7 cm³/mol. The van der Waals surface area contributed by atoms with E-state index in [1.807, 2.05) is 13.0 Å². The summed E-state index contributed by atoms with van der Waals surface area (Å²) in [4.78, 5) is 19.6. The van der Waals surface area contributed by atoms with Gasteiger partial charge >= 0.3 is 6.09 Å². The summed E-state index contributed by atoms with van der Waals surface area (Å²) in [5.74, 6) is 0. The molecule has 1 amide bonds. The van der Waals surface area contributed by atoms with Crippen LogP contribution in [0.4, 0.5) is 4.79 Å². The van der Waals surface area contributed by atoms with Gasteiger partial charge in [0.2, 0.25) is 5.28 Å². The molecule has 0 fully saturated rings. The zero-order chi connectivity index (χ0) is 15.3. The maximum Gasteiger partial charge on any atom is 0.407 e. The fourth-order valence-electron chi connectivity index (χ4n) is 1.57. The highest BCUT2D eigenvalue weighted by atomic mass is 35.5. The summed E-state index contributed by atoms with van der Waals surface area (Å²) in [7, 11) is 0. The number of nitrogens with zero attached hydrogens (tertiary/aromatic N) is 2. The van der Waals surface area contributed by atoms with E-state index < -0.39 is 11.7 Å². The van der Waals surface area contributed by atoms with E-state index in [1.54, 1.807) is 20.8 Å². The second-order valence-electron chi connectivity index (χ2n) is 5.62. The first-order valence-corrected chi connectivity index (χ1v) is 6.76. The van der Waals surface area contributed by atoms with E-state index in [2.05, 4.69) is 15.3 Å². The number of amides is 1. The summed E-state index contributed by atoms with van der Waals surface area (Å²) in [5, 5.41) is 2.83. The number of hydrogen-bond acceptors (Lipinski definition) is 5. The minimum absolute atomic E-state index is 0.201. The second kappa shape index (κ2) is 6.85. The number of rotatable bonds is 4. The molecule has 6 nitrogen and oxygen atoms in total. The first-order valence-electron chi connectivity index (χ1n) is 6.38. The lowest BCUT2D eigenvalue weighted by atomic mass is 10.1. The molecule has 0 aliphatic rings. The van der Waals surface area contributed by atoms with Crippen LogP contribution in [0.25, 0.3) is 0 Å². The van der Waals surface area contributed by atoms with Gasteiger partial charge in [0.25, 0.3) is 0 Å². The van der Waals surface area contributed by atoms with Gasteiger partial charge in [-0.2, -0.15) is 0 Å². The first kappa shape index (κ1) is 16.7. The van der Waals surface area contributed by atoms with Crippen molar-refractivity contribution in [3.8, 4) is 0 Å². The maximum absolute atomic E-state index is 11.5. The lowest BCUT2D eigenvalue weighted by Gasteiger charge is -2.20. The Bertz CT molecular complexity index is 454. The summed E-state index contributed by atoms with van der Waals surface area (Å²) in [6, 6.07) is 1.55. The fraction of sp³-hybridized carbons (Fsp3) is 0.615. The topological polar surface area (TPSA) is 90.1 Å². The van der Waals surface area contributed by atoms with Crippen molar-refractivity contribution in [3.05, 3.63) is 22.7 Å². The van der Waals surface area contributed by atoms with Gasteiger partial charge in [-0.15, -0.1) is 0 Å². The van der Waals surface area contributed by atoms with E-state index in [-0.39, 0.29) is 11.3 Å². The van der Waals surface area contributed by atoms with Crippen LogP contribution in [-0.4, -0.2) is 34.2 Å². The van der Waals surface area contributed by atoms with Gasteiger partial charge in [-0.05, 0) is 45.4 Å². The Morgan fingerprint density at radius 2 is 2.15 bits per heavy atom. The number of aromatic nitrogens is 2. The van der Waals surface area contributed by atoms with Crippen LogP contribution in [0.2, 0.25) is 5.28 Å². The first-order chi connectivity index (χ1) is 9.15. The Morgan fingerprint density at radius 3 is 2.70 bits per heavy atom. The zero-order valence-electron chi connectivity index (χ0n) is 12.2. The third-order valence-electron chi connectivity index (χ3n) is 2.26. The van der Waals surface area contributed by atoms with Gasteiger partial charge in [0.1, 0.15) is 5.60 Å². The molecule has 3 N–H and O–H groups in total. The van der Waals surface area contributed by atoms with Gasteiger partial charge in [0, 0.05) is 30.4 Å². The Morgan fingerprint density at radius 1 is 1.50 bits per heavy atom. The molecule has 1 aromatic heterocycles. The average Bonchev–Trinajstić information content (AvgIpc) is 2.22. The average molecular weight is 301 g/mol. The molecule has 1 heterocycles. The lowest BCUT2D eigenvalue weighted by molar-refractivity contribution is 0.0524. The largest absolute Gasteiger partial charge is 0.444 e. The van der Waals surface area contributed by atoms with Crippen LogP contribution in [0.1, 0.15) is 32.2 Å². The van der Waals surface area contributed by atoms with Crippen molar-refractivity contribution in [2.45, 2.75) is 45.8 Å². The van der Waals surface area contributed by atoms with E-state index in [4.69, 9.17) is 22.1 Å². The molecule has 7 heteroatoms. The third-order valence-corrected chi connectivity index (χ3v) is 2.43. The number of halogens is 1. The van der Waals surface area contributed by atoms with Gasteiger partial charge in [0.15, 0.2) is 0 Å². The summed E-state index contributed by atoms with van der Waals surface area (Å²) >= 11 is 5.78. The van der Waals surface area contributed by atoms with E-state index in [0.717, 1.165) is 11.4 Å². The van der Waals surface area contributed by atoms with Crippen LogP contribution in [-0.2, 0) is 11.2 Å². The van der Waals surface area contributed by atoms with E-state index in [9.17, 15) is 4.79 Å². The van der Waals surface area contributed by atoms with E-state index in [0.29, 0.717) is 13.0 Å². The highest BCUT2D eigenvalue weighted by Gasteiger charge is 2.16. The molecule has 1 aromatic rings. The zero-order valence-corrected chi connectivity index (χ0v) is 13.0. The van der Waals surface area contributed by atoms with Crippen molar-refractivity contribution in [1.29, 1.82) is 0 Å². The van der Waals surface area contributed by atoms with E-state index >= 15 is 0 Å². The smallest absolute Gasteiger partial charge is 0.407 e. The Hall–Kier alpha value is -1.40.